The first kappa shape index (κ1) is 19.5. The molecule has 27 heavy (non-hydrogen) atoms. The zero-order valence-electron chi connectivity index (χ0n) is 14.9. The second kappa shape index (κ2) is 7.40. The number of ether oxygens (including phenoxy) is 3. The predicted octanol–water partition coefficient (Wildman–Crippen LogP) is 2.94. The first-order chi connectivity index (χ1) is 12.8. The SMILES string of the molecule is COc1cc(N2C(=O)CS(=O)(=O)C2c2cccc(Br)c2)cc(OC)c1OC. The van der Waals surface area contributed by atoms with Crippen LogP contribution >= 0.6 is 15.9 Å². The molecule has 0 radical (unpaired) electrons. The summed E-state index contributed by atoms with van der Waals surface area (Å²) in [6, 6.07) is 10.0. The van der Waals surface area contributed by atoms with Gasteiger partial charge in [0.1, 0.15) is 5.75 Å². The van der Waals surface area contributed by atoms with Crippen LogP contribution in [0, 0.1) is 0 Å². The molecule has 1 unspecified atom stereocenters. The van der Waals surface area contributed by atoms with Gasteiger partial charge in [0.15, 0.2) is 26.7 Å². The van der Waals surface area contributed by atoms with Gasteiger partial charge in [0.2, 0.25) is 11.7 Å². The molecule has 1 saturated heterocycles. The Kier molecular flexibility index (Phi) is 5.34. The van der Waals surface area contributed by atoms with Gasteiger partial charge in [-0.3, -0.25) is 9.69 Å². The molecule has 2 aromatic rings. The number of sulfone groups is 1. The summed E-state index contributed by atoms with van der Waals surface area (Å²) in [7, 11) is 0.660. The lowest BCUT2D eigenvalue weighted by atomic mass is 10.1. The maximum absolute atomic E-state index is 12.7. The van der Waals surface area contributed by atoms with Crippen molar-refractivity contribution in [3.8, 4) is 17.2 Å². The second-order valence-electron chi connectivity index (χ2n) is 5.86. The van der Waals surface area contributed by atoms with Crippen molar-refractivity contribution >= 4 is 37.4 Å². The second-order valence-corrected chi connectivity index (χ2v) is 8.84. The van der Waals surface area contributed by atoms with Crippen LogP contribution in [-0.4, -0.2) is 41.4 Å². The molecule has 1 amide bonds. The van der Waals surface area contributed by atoms with E-state index < -0.39 is 26.9 Å². The van der Waals surface area contributed by atoms with Crippen LogP contribution in [0.2, 0.25) is 0 Å². The van der Waals surface area contributed by atoms with E-state index in [0.717, 1.165) is 4.47 Å². The van der Waals surface area contributed by atoms with Crippen LogP contribution in [0.4, 0.5) is 5.69 Å². The Labute approximate surface area is 165 Å². The fraction of sp³-hybridized carbons (Fsp3) is 0.278. The van der Waals surface area contributed by atoms with Crippen LogP contribution < -0.4 is 19.1 Å². The molecule has 2 aromatic carbocycles. The van der Waals surface area contributed by atoms with Crippen molar-refractivity contribution in [2.45, 2.75) is 5.37 Å². The van der Waals surface area contributed by atoms with Crippen molar-refractivity contribution in [3.05, 3.63) is 46.4 Å². The Morgan fingerprint density at radius 2 is 1.67 bits per heavy atom. The van der Waals surface area contributed by atoms with Gasteiger partial charge in [0.05, 0.1) is 27.0 Å². The highest BCUT2D eigenvalue weighted by atomic mass is 79.9. The van der Waals surface area contributed by atoms with E-state index in [1.165, 1.54) is 26.2 Å². The number of rotatable bonds is 5. The van der Waals surface area contributed by atoms with E-state index in [9.17, 15) is 13.2 Å². The van der Waals surface area contributed by atoms with Gasteiger partial charge in [-0.15, -0.1) is 0 Å². The number of carbonyl (C=O) groups excluding carboxylic acids is 1. The Morgan fingerprint density at radius 3 is 2.19 bits per heavy atom. The Balaban J connectivity index is 2.20. The standard InChI is InChI=1S/C18H18BrNO6S/c1-24-14-8-13(9-15(25-2)17(14)26-3)20-16(21)10-27(22,23)18(20)11-5-4-6-12(19)7-11/h4-9,18H,10H2,1-3H3. The van der Waals surface area contributed by atoms with Gasteiger partial charge in [-0.25, -0.2) is 8.42 Å². The number of methoxy groups -OCH3 is 3. The van der Waals surface area contributed by atoms with Crippen molar-refractivity contribution in [1.82, 2.24) is 0 Å². The molecule has 0 aromatic heterocycles. The van der Waals surface area contributed by atoms with Crippen LogP contribution in [0.1, 0.15) is 10.9 Å². The number of carbonyl (C=O) groups is 1. The molecule has 0 spiro atoms. The Bertz CT molecular complexity index is 966. The van der Waals surface area contributed by atoms with E-state index in [4.69, 9.17) is 14.2 Å². The number of amides is 1. The van der Waals surface area contributed by atoms with Gasteiger partial charge in [0, 0.05) is 16.6 Å². The van der Waals surface area contributed by atoms with E-state index in [2.05, 4.69) is 15.9 Å². The smallest absolute Gasteiger partial charge is 0.243 e. The first-order valence-corrected chi connectivity index (χ1v) is 10.4. The topological polar surface area (TPSA) is 82.1 Å². The van der Waals surface area contributed by atoms with Crippen molar-refractivity contribution < 1.29 is 27.4 Å². The number of hydrogen-bond acceptors (Lipinski definition) is 6. The highest BCUT2D eigenvalue weighted by molar-refractivity contribution is 9.10. The van der Waals surface area contributed by atoms with Gasteiger partial charge >= 0.3 is 0 Å². The molecule has 0 bridgehead atoms. The highest BCUT2D eigenvalue weighted by Crippen LogP contribution is 2.45. The Morgan fingerprint density at radius 1 is 1.04 bits per heavy atom. The third kappa shape index (κ3) is 3.49. The lowest BCUT2D eigenvalue weighted by molar-refractivity contribution is -0.115. The van der Waals surface area contributed by atoms with Gasteiger partial charge in [-0.2, -0.15) is 0 Å². The summed E-state index contributed by atoms with van der Waals surface area (Å²) in [4.78, 5) is 13.9. The monoisotopic (exact) mass is 455 g/mol. The maximum Gasteiger partial charge on any atom is 0.243 e. The summed E-state index contributed by atoms with van der Waals surface area (Å²) in [5.74, 6) is -0.0683. The molecule has 1 aliphatic rings. The minimum Gasteiger partial charge on any atom is -0.493 e. The number of anilines is 1. The van der Waals surface area contributed by atoms with E-state index in [1.54, 1.807) is 36.4 Å². The molecule has 0 aliphatic carbocycles. The average Bonchev–Trinajstić information content (AvgIpc) is 2.88. The summed E-state index contributed by atoms with van der Waals surface area (Å²) >= 11 is 3.35. The third-order valence-corrected chi connectivity index (χ3v) is 6.54. The predicted molar refractivity (Wildman–Crippen MR) is 104 cm³/mol. The maximum atomic E-state index is 12.7. The molecule has 1 fully saturated rings. The van der Waals surface area contributed by atoms with E-state index in [-0.39, 0.29) is 0 Å². The van der Waals surface area contributed by atoms with Crippen LogP contribution in [0.15, 0.2) is 40.9 Å². The fourth-order valence-electron chi connectivity index (χ4n) is 3.11. The van der Waals surface area contributed by atoms with Crippen molar-refractivity contribution in [2.24, 2.45) is 0 Å². The van der Waals surface area contributed by atoms with Crippen molar-refractivity contribution in [1.29, 1.82) is 0 Å². The van der Waals surface area contributed by atoms with Crippen molar-refractivity contribution in [3.63, 3.8) is 0 Å². The quantitative estimate of drug-likeness (QED) is 0.689. The number of benzene rings is 2. The molecule has 0 saturated carbocycles. The minimum atomic E-state index is -3.72. The fourth-order valence-corrected chi connectivity index (χ4v) is 5.29. The lowest BCUT2D eigenvalue weighted by Gasteiger charge is -2.25. The minimum absolute atomic E-state index is 0.331. The van der Waals surface area contributed by atoms with E-state index in [1.807, 2.05) is 0 Å². The lowest BCUT2D eigenvalue weighted by Crippen LogP contribution is -2.29. The molecule has 3 rings (SSSR count). The van der Waals surface area contributed by atoms with E-state index in [0.29, 0.717) is 28.5 Å². The zero-order chi connectivity index (χ0) is 19.8. The van der Waals surface area contributed by atoms with Crippen LogP contribution in [0.25, 0.3) is 0 Å². The number of halogens is 1. The van der Waals surface area contributed by atoms with Crippen LogP contribution in [0.5, 0.6) is 17.2 Å². The van der Waals surface area contributed by atoms with Gasteiger partial charge in [-0.1, -0.05) is 28.1 Å². The zero-order valence-corrected chi connectivity index (χ0v) is 17.3. The van der Waals surface area contributed by atoms with E-state index >= 15 is 0 Å². The summed E-state index contributed by atoms with van der Waals surface area (Å²) in [5.41, 5.74) is 0.838. The summed E-state index contributed by atoms with van der Waals surface area (Å²) < 4.78 is 42.1. The molecule has 144 valence electrons. The van der Waals surface area contributed by atoms with Gasteiger partial charge in [-0.05, 0) is 17.7 Å². The van der Waals surface area contributed by atoms with Crippen molar-refractivity contribution in [2.75, 3.05) is 32.0 Å². The summed E-state index contributed by atoms with van der Waals surface area (Å²) in [6.45, 7) is 0. The third-order valence-electron chi connectivity index (χ3n) is 4.23. The molecule has 1 atom stereocenters. The Hall–Kier alpha value is -2.26. The summed E-state index contributed by atoms with van der Waals surface area (Å²) in [6.07, 6.45) is 0. The molecule has 0 N–H and O–H groups in total. The number of hydrogen-bond donors (Lipinski definition) is 0. The molecular weight excluding hydrogens is 438 g/mol. The normalized spacial score (nSPS) is 18.4. The largest absolute Gasteiger partial charge is 0.493 e. The van der Waals surface area contributed by atoms with Crippen LogP contribution in [-0.2, 0) is 14.6 Å². The number of nitrogens with zero attached hydrogens (tertiary/aromatic N) is 1. The highest BCUT2D eigenvalue weighted by Gasteiger charge is 2.46. The molecule has 1 heterocycles. The molecule has 7 nitrogen and oxygen atoms in total. The van der Waals surface area contributed by atoms with Gasteiger partial charge < -0.3 is 14.2 Å². The average molecular weight is 456 g/mol. The first-order valence-electron chi connectivity index (χ1n) is 7.91. The van der Waals surface area contributed by atoms with Gasteiger partial charge in [0.25, 0.3) is 0 Å². The molecule has 9 heteroatoms. The summed E-state index contributed by atoms with van der Waals surface area (Å²) in [5, 5.41) is -1.13. The van der Waals surface area contributed by atoms with Crippen LogP contribution in [0.3, 0.4) is 0 Å². The molecule has 1 aliphatic heterocycles. The molecular formula is C18H18BrNO6S.